The van der Waals surface area contributed by atoms with E-state index in [1.54, 1.807) is 17.4 Å². The molecule has 1 atom stereocenters. The number of carbonyl (C=O) groups excluding carboxylic acids is 2. The van der Waals surface area contributed by atoms with Gasteiger partial charge in [0.15, 0.2) is 0 Å². The molecular weight excluding hydrogens is 308 g/mol. The van der Waals surface area contributed by atoms with E-state index in [4.69, 9.17) is 0 Å². The molecule has 0 fully saturated rings. The first-order valence-corrected chi connectivity index (χ1v) is 8.76. The van der Waals surface area contributed by atoms with E-state index in [1.807, 2.05) is 18.2 Å². The van der Waals surface area contributed by atoms with Crippen molar-refractivity contribution in [2.75, 3.05) is 5.32 Å². The van der Waals surface area contributed by atoms with Crippen LogP contribution in [0.2, 0.25) is 0 Å². The summed E-state index contributed by atoms with van der Waals surface area (Å²) in [6.07, 6.45) is 3.32. The summed E-state index contributed by atoms with van der Waals surface area (Å²) < 4.78 is 0. The first-order valence-electron chi connectivity index (χ1n) is 7.95. The van der Waals surface area contributed by atoms with E-state index in [2.05, 4.69) is 17.6 Å². The molecule has 1 aromatic carbocycles. The second kappa shape index (κ2) is 5.49. The Kier molecular flexibility index (Phi) is 3.45. The molecule has 2 aromatic rings. The number of aryl methyl sites for hydroxylation is 1. The lowest BCUT2D eigenvalue weighted by molar-refractivity contribution is 0.0966. The number of nitrogens with one attached hydrogen (secondary N) is 2. The molecule has 2 amide bonds. The lowest BCUT2D eigenvalue weighted by Crippen LogP contribution is -2.16. The van der Waals surface area contributed by atoms with E-state index >= 15 is 0 Å². The van der Waals surface area contributed by atoms with Crippen molar-refractivity contribution >= 4 is 28.8 Å². The van der Waals surface area contributed by atoms with Gasteiger partial charge in [0.05, 0.1) is 16.1 Å². The Morgan fingerprint density at radius 2 is 2.22 bits per heavy atom. The summed E-state index contributed by atoms with van der Waals surface area (Å²) in [7, 11) is 0. The van der Waals surface area contributed by atoms with Crippen LogP contribution in [-0.2, 0) is 19.4 Å². The van der Waals surface area contributed by atoms with E-state index in [9.17, 15) is 9.59 Å². The number of hydrogen-bond donors (Lipinski definition) is 2. The molecule has 2 aliphatic rings. The maximum absolute atomic E-state index is 12.6. The molecule has 4 rings (SSSR count). The third-order valence-corrected chi connectivity index (χ3v) is 5.85. The van der Waals surface area contributed by atoms with Gasteiger partial charge in [-0.3, -0.25) is 9.59 Å². The Balaban J connectivity index is 1.60. The number of carbonyl (C=O) groups is 2. The normalized spacial score (nSPS) is 19.0. The zero-order valence-corrected chi connectivity index (χ0v) is 13.8. The van der Waals surface area contributed by atoms with E-state index in [-0.39, 0.29) is 11.8 Å². The average Bonchev–Trinajstić information content (AvgIpc) is 3.11. The molecule has 0 radical (unpaired) electrons. The van der Waals surface area contributed by atoms with Crippen molar-refractivity contribution in [1.82, 2.24) is 5.32 Å². The lowest BCUT2D eigenvalue weighted by Gasteiger charge is -2.16. The molecule has 23 heavy (non-hydrogen) atoms. The maximum atomic E-state index is 12.6. The van der Waals surface area contributed by atoms with Crippen LogP contribution < -0.4 is 10.6 Å². The van der Waals surface area contributed by atoms with Gasteiger partial charge in [-0.1, -0.05) is 19.1 Å². The van der Waals surface area contributed by atoms with Crippen molar-refractivity contribution in [3.8, 4) is 0 Å². The molecule has 1 aliphatic carbocycles. The van der Waals surface area contributed by atoms with Crippen molar-refractivity contribution in [2.45, 2.75) is 32.7 Å². The minimum atomic E-state index is -0.120. The fourth-order valence-corrected chi connectivity index (χ4v) is 4.49. The number of benzene rings is 1. The summed E-state index contributed by atoms with van der Waals surface area (Å²) in [4.78, 5) is 26.6. The van der Waals surface area contributed by atoms with Gasteiger partial charge in [0.2, 0.25) is 0 Å². The van der Waals surface area contributed by atoms with Gasteiger partial charge in [0, 0.05) is 11.4 Å². The summed E-state index contributed by atoms with van der Waals surface area (Å²) in [5, 5.41) is 5.72. The number of anilines is 1. The lowest BCUT2D eigenvalue weighted by atomic mass is 9.90. The average molecular weight is 326 g/mol. The van der Waals surface area contributed by atoms with Gasteiger partial charge in [0.25, 0.3) is 11.8 Å². The van der Waals surface area contributed by atoms with Crippen LogP contribution >= 0.6 is 11.3 Å². The van der Waals surface area contributed by atoms with Gasteiger partial charge < -0.3 is 10.6 Å². The van der Waals surface area contributed by atoms with Crippen LogP contribution in [-0.4, -0.2) is 11.8 Å². The van der Waals surface area contributed by atoms with Crippen molar-refractivity contribution in [3.63, 3.8) is 0 Å². The molecular formula is C18H18N2O2S. The van der Waals surface area contributed by atoms with Gasteiger partial charge in [0.1, 0.15) is 0 Å². The Morgan fingerprint density at radius 3 is 3.09 bits per heavy atom. The Bertz CT molecular complexity index is 809. The quantitative estimate of drug-likeness (QED) is 0.889. The van der Waals surface area contributed by atoms with Crippen LogP contribution in [0.25, 0.3) is 0 Å². The molecule has 0 bridgehead atoms. The smallest absolute Gasteiger partial charge is 0.265 e. The topological polar surface area (TPSA) is 58.2 Å². The van der Waals surface area contributed by atoms with E-state index in [0.29, 0.717) is 23.7 Å². The molecule has 2 N–H and O–H groups in total. The third-order valence-electron chi connectivity index (χ3n) is 4.62. The highest BCUT2D eigenvalue weighted by Crippen LogP contribution is 2.33. The first kappa shape index (κ1) is 14.5. The molecule has 118 valence electrons. The highest BCUT2D eigenvalue weighted by Gasteiger charge is 2.25. The monoisotopic (exact) mass is 326 g/mol. The number of fused-ring (bicyclic) bond motifs is 2. The highest BCUT2D eigenvalue weighted by atomic mass is 32.1. The van der Waals surface area contributed by atoms with Gasteiger partial charge in [-0.25, -0.2) is 0 Å². The summed E-state index contributed by atoms with van der Waals surface area (Å²) >= 11 is 1.59. The molecule has 1 aliphatic heterocycles. The second-order valence-electron chi connectivity index (χ2n) is 6.38. The summed E-state index contributed by atoms with van der Waals surface area (Å²) in [6, 6.07) is 7.59. The molecule has 5 heteroatoms. The highest BCUT2D eigenvalue weighted by molar-refractivity contribution is 7.14. The van der Waals surface area contributed by atoms with Crippen LogP contribution in [0.1, 0.15) is 49.4 Å². The number of amides is 2. The van der Waals surface area contributed by atoms with Gasteiger partial charge in [-0.15, -0.1) is 11.3 Å². The minimum absolute atomic E-state index is 0.116. The molecule has 4 nitrogen and oxygen atoms in total. The van der Waals surface area contributed by atoms with Crippen molar-refractivity contribution in [2.24, 2.45) is 5.92 Å². The van der Waals surface area contributed by atoms with Crippen molar-refractivity contribution < 1.29 is 9.59 Å². The Hall–Kier alpha value is -2.14. The molecule has 1 aromatic heterocycles. The largest absolute Gasteiger partial charge is 0.348 e. The number of hydrogen-bond acceptors (Lipinski definition) is 3. The van der Waals surface area contributed by atoms with Crippen LogP contribution in [0.5, 0.6) is 0 Å². The van der Waals surface area contributed by atoms with E-state index in [1.165, 1.54) is 16.9 Å². The van der Waals surface area contributed by atoms with Crippen LogP contribution in [0.15, 0.2) is 24.3 Å². The Labute approximate surface area is 138 Å². The zero-order valence-electron chi connectivity index (χ0n) is 12.9. The molecule has 0 unspecified atom stereocenters. The minimum Gasteiger partial charge on any atom is -0.348 e. The Morgan fingerprint density at radius 1 is 1.35 bits per heavy atom. The maximum Gasteiger partial charge on any atom is 0.265 e. The van der Waals surface area contributed by atoms with Crippen molar-refractivity contribution in [3.05, 3.63) is 50.7 Å². The van der Waals surface area contributed by atoms with Crippen LogP contribution in [0, 0.1) is 5.92 Å². The molecule has 2 heterocycles. The third kappa shape index (κ3) is 2.55. The van der Waals surface area contributed by atoms with Gasteiger partial charge >= 0.3 is 0 Å². The van der Waals surface area contributed by atoms with Gasteiger partial charge in [-0.2, -0.15) is 0 Å². The second-order valence-corrected chi connectivity index (χ2v) is 7.52. The zero-order chi connectivity index (χ0) is 16.0. The SMILES string of the molecule is C[C@@H]1CCc2sc(C(=O)Nc3cccc4c3C(=O)NC4)cc2C1. The van der Waals surface area contributed by atoms with E-state index in [0.717, 1.165) is 23.3 Å². The standard InChI is InChI=1S/C18H18N2O2S/c1-10-5-6-14-12(7-10)8-15(23-14)17(21)20-13-4-2-3-11-9-19-18(22)16(11)13/h2-4,8,10H,5-7,9H2,1H3,(H,19,22)(H,20,21)/t10-/m1/s1. The predicted molar refractivity (Wildman–Crippen MR) is 91.1 cm³/mol. The number of thiophene rings is 1. The van der Waals surface area contributed by atoms with Gasteiger partial charge in [-0.05, 0) is 48.4 Å². The predicted octanol–water partition coefficient (Wildman–Crippen LogP) is 3.37. The summed E-state index contributed by atoms with van der Waals surface area (Å²) in [6.45, 7) is 2.79. The summed E-state index contributed by atoms with van der Waals surface area (Å²) in [5.41, 5.74) is 3.44. The van der Waals surface area contributed by atoms with Crippen LogP contribution in [0.3, 0.4) is 0 Å². The fourth-order valence-electron chi connectivity index (χ4n) is 3.39. The fraction of sp³-hybridized carbons (Fsp3) is 0.333. The van der Waals surface area contributed by atoms with Crippen LogP contribution in [0.4, 0.5) is 5.69 Å². The molecule has 0 saturated heterocycles. The van der Waals surface area contributed by atoms with E-state index < -0.39 is 0 Å². The number of rotatable bonds is 2. The molecule has 0 spiro atoms. The molecule has 0 saturated carbocycles. The summed E-state index contributed by atoms with van der Waals surface area (Å²) in [5.74, 6) is 0.453. The van der Waals surface area contributed by atoms with Crippen molar-refractivity contribution in [1.29, 1.82) is 0 Å². The first-order chi connectivity index (χ1) is 11.1.